The van der Waals surface area contributed by atoms with E-state index < -0.39 is 0 Å². The minimum atomic E-state index is 0.780. The number of imidazole rings is 1. The van der Waals surface area contributed by atoms with Gasteiger partial charge in [-0.05, 0) is 24.1 Å². The number of aromatic nitrogens is 2. The molecule has 0 aliphatic carbocycles. The minimum Gasteiger partial charge on any atom is -0.494 e. The Labute approximate surface area is 114 Å². The summed E-state index contributed by atoms with van der Waals surface area (Å²) in [4.78, 5) is 4.01. The van der Waals surface area contributed by atoms with Gasteiger partial charge in [-0.15, -0.1) is 0 Å². The second-order valence-electron chi connectivity index (χ2n) is 4.47. The third kappa shape index (κ3) is 4.75. The summed E-state index contributed by atoms with van der Waals surface area (Å²) in [6.07, 6.45) is 6.65. The molecule has 0 atom stereocenters. The molecule has 1 aromatic heterocycles. The van der Waals surface area contributed by atoms with Gasteiger partial charge in [-0.25, -0.2) is 4.98 Å². The second-order valence-corrected chi connectivity index (χ2v) is 4.47. The SMILES string of the molecule is CCCOc1ccc(CNCCn2ccnc2)cc1. The highest BCUT2D eigenvalue weighted by molar-refractivity contribution is 5.27. The zero-order valence-corrected chi connectivity index (χ0v) is 11.4. The fourth-order valence-corrected chi connectivity index (χ4v) is 1.78. The van der Waals surface area contributed by atoms with E-state index in [1.807, 2.05) is 24.7 Å². The van der Waals surface area contributed by atoms with Crippen LogP contribution in [0.2, 0.25) is 0 Å². The summed E-state index contributed by atoms with van der Waals surface area (Å²) in [7, 11) is 0. The fraction of sp³-hybridized carbons (Fsp3) is 0.400. The van der Waals surface area contributed by atoms with Crippen LogP contribution in [0.25, 0.3) is 0 Å². The highest BCUT2D eigenvalue weighted by Gasteiger charge is 1.96. The smallest absolute Gasteiger partial charge is 0.119 e. The molecule has 1 aromatic carbocycles. The van der Waals surface area contributed by atoms with E-state index in [1.165, 1.54) is 5.56 Å². The Kier molecular flexibility index (Phi) is 5.44. The number of rotatable bonds is 8. The normalized spacial score (nSPS) is 10.6. The molecule has 0 fully saturated rings. The first-order valence-corrected chi connectivity index (χ1v) is 6.76. The van der Waals surface area contributed by atoms with E-state index in [1.54, 1.807) is 6.20 Å². The molecule has 0 bridgehead atoms. The molecule has 2 rings (SSSR count). The fourth-order valence-electron chi connectivity index (χ4n) is 1.78. The zero-order chi connectivity index (χ0) is 13.3. The molecule has 0 amide bonds. The molecular formula is C15H21N3O. The summed E-state index contributed by atoms with van der Waals surface area (Å²) in [5, 5.41) is 3.41. The van der Waals surface area contributed by atoms with E-state index >= 15 is 0 Å². The molecule has 0 aliphatic heterocycles. The van der Waals surface area contributed by atoms with Gasteiger partial charge in [-0.2, -0.15) is 0 Å². The number of hydrogen-bond acceptors (Lipinski definition) is 3. The predicted molar refractivity (Wildman–Crippen MR) is 76.2 cm³/mol. The third-order valence-corrected chi connectivity index (χ3v) is 2.83. The Hall–Kier alpha value is -1.81. The molecule has 0 saturated heterocycles. The van der Waals surface area contributed by atoms with Gasteiger partial charge in [-0.3, -0.25) is 0 Å². The molecule has 1 heterocycles. The Morgan fingerprint density at radius 2 is 2.11 bits per heavy atom. The Balaban J connectivity index is 1.68. The molecule has 102 valence electrons. The lowest BCUT2D eigenvalue weighted by Gasteiger charge is -2.07. The molecule has 1 N–H and O–H groups in total. The molecule has 0 spiro atoms. The van der Waals surface area contributed by atoms with Crippen molar-refractivity contribution in [2.24, 2.45) is 0 Å². The van der Waals surface area contributed by atoms with Gasteiger partial charge in [0, 0.05) is 32.0 Å². The standard InChI is InChI=1S/C15H21N3O/c1-2-11-19-15-5-3-14(4-6-15)12-16-7-9-18-10-8-17-13-18/h3-6,8,10,13,16H,2,7,9,11-12H2,1H3. The van der Waals surface area contributed by atoms with E-state index in [9.17, 15) is 0 Å². The molecule has 4 heteroatoms. The maximum atomic E-state index is 5.55. The number of benzene rings is 1. The van der Waals surface area contributed by atoms with Crippen LogP contribution in [0, 0.1) is 0 Å². The van der Waals surface area contributed by atoms with Crippen LogP contribution >= 0.6 is 0 Å². The lowest BCUT2D eigenvalue weighted by Crippen LogP contribution is -2.18. The van der Waals surface area contributed by atoms with E-state index in [-0.39, 0.29) is 0 Å². The van der Waals surface area contributed by atoms with Crippen LogP contribution in [0.1, 0.15) is 18.9 Å². The topological polar surface area (TPSA) is 39.1 Å². The summed E-state index contributed by atoms with van der Waals surface area (Å²) < 4.78 is 7.62. The molecular weight excluding hydrogens is 238 g/mol. The lowest BCUT2D eigenvalue weighted by atomic mass is 10.2. The van der Waals surface area contributed by atoms with Crippen LogP contribution in [0.3, 0.4) is 0 Å². The Morgan fingerprint density at radius 3 is 2.79 bits per heavy atom. The molecule has 0 unspecified atom stereocenters. The monoisotopic (exact) mass is 259 g/mol. The summed E-state index contributed by atoms with van der Waals surface area (Å²) in [6.45, 7) is 5.64. The zero-order valence-electron chi connectivity index (χ0n) is 11.4. The number of nitrogens with one attached hydrogen (secondary N) is 1. The van der Waals surface area contributed by atoms with Crippen LogP contribution in [-0.2, 0) is 13.1 Å². The van der Waals surface area contributed by atoms with Gasteiger partial charge in [0.2, 0.25) is 0 Å². The second kappa shape index (κ2) is 7.59. The van der Waals surface area contributed by atoms with Gasteiger partial charge in [-0.1, -0.05) is 19.1 Å². The van der Waals surface area contributed by atoms with Crippen molar-refractivity contribution in [2.75, 3.05) is 13.2 Å². The molecule has 4 nitrogen and oxygen atoms in total. The van der Waals surface area contributed by atoms with Crippen molar-refractivity contribution in [3.8, 4) is 5.75 Å². The summed E-state index contributed by atoms with van der Waals surface area (Å²) in [6, 6.07) is 8.27. The molecule has 2 aromatic rings. The maximum Gasteiger partial charge on any atom is 0.119 e. The van der Waals surface area contributed by atoms with Crippen LogP contribution in [0.15, 0.2) is 43.0 Å². The third-order valence-electron chi connectivity index (χ3n) is 2.83. The molecule has 0 aliphatic rings. The lowest BCUT2D eigenvalue weighted by molar-refractivity contribution is 0.317. The first-order chi connectivity index (χ1) is 9.38. The van der Waals surface area contributed by atoms with Crippen LogP contribution in [-0.4, -0.2) is 22.7 Å². The highest BCUT2D eigenvalue weighted by Crippen LogP contribution is 2.12. The van der Waals surface area contributed by atoms with Crippen molar-refractivity contribution in [3.63, 3.8) is 0 Å². The Bertz CT molecular complexity index is 451. The van der Waals surface area contributed by atoms with Gasteiger partial charge in [0.1, 0.15) is 5.75 Å². The number of ether oxygens (including phenoxy) is 1. The van der Waals surface area contributed by atoms with Gasteiger partial charge in [0.05, 0.1) is 12.9 Å². The van der Waals surface area contributed by atoms with E-state index in [0.717, 1.165) is 38.4 Å². The average molecular weight is 259 g/mol. The maximum absolute atomic E-state index is 5.55. The van der Waals surface area contributed by atoms with Gasteiger partial charge in [0.25, 0.3) is 0 Å². The average Bonchev–Trinajstić information content (AvgIpc) is 2.96. The van der Waals surface area contributed by atoms with E-state index in [4.69, 9.17) is 4.74 Å². The molecule has 0 radical (unpaired) electrons. The predicted octanol–water partition coefficient (Wildman–Crippen LogP) is 2.46. The summed E-state index contributed by atoms with van der Waals surface area (Å²) >= 11 is 0. The molecule has 19 heavy (non-hydrogen) atoms. The van der Waals surface area contributed by atoms with Gasteiger partial charge >= 0.3 is 0 Å². The van der Waals surface area contributed by atoms with Gasteiger partial charge in [0.15, 0.2) is 0 Å². The van der Waals surface area contributed by atoms with Crippen LogP contribution in [0.4, 0.5) is 0 Å². The van der Waals surface area contributed by atoms with E-state index in [0.29, 0.717) is 0 Å². The van der Waals surface area contributed by atoms with Crippen molar-refractivity contribution in [2.45, 2.75) is 26.4 Å². The van der Waals surface area contributed by atoms with Gasteiger partial charge < -0.3 is 14.6 Å². The Morgan fingerprint density at radius 1 is 1.26 bits per heavy atom. The van der Waals surface area contributed by atoms with Crippen molar-refractivity contribution in [3.05, 3.63) is 48.5 Å². The highest BCUT2D eigenvalue weighted by atomic mass is 16.5. The van der Waals surface area contributed by atoms with Crippen molar-refractivity contribution in [1.29, 1.82) is 0 Å². The molecule has 0 saturated carbocycles. The first-order valence-electron chi connectivity index (χ1n) is 6.76. The largest absolute Gasteiger partial charge is 0.494 e. The van der Waals surface area contributed by atoms with E-state index in [2.05, 4.69) is 33.9 Å². The van der Waals surface area contributed by atoms with Crippen LogP contribution < -0.4 is 10.1 Å². The van der Waals surface area contributed by atoms with Crippen molar-refractivity contribution >= 4 is 0 Å². The minimum absolute atomic E-state index is 0.780. The number of hydrogen-bond donors (Lipinski definition) is 1. The number of nitrogens with zero attached hydrogens (tertiary/aromatic N) is 2. The van der Waals surface area contributed by atoms with Crippen LogP contribution in [0.5, 0.6) is 5.75 Å². The summed E-state index contributed by atoms with van der Waals surface area (Å²) in [5.41, 5.74) is 1.27. The quantitative estimate of drug-likeness (QED) is 0.740. The van der Waals surface area contributed by atoms with Crippen molar-refractivity contribution in [1.82, 2.24) is 14.9 Å². The van der Waals surface area contributed by atoms with Crippen molar-refractivity contribution < 1.29 is 4.74 Å². The summed E-state index contributed by atoms with van der Waals surface area (Å²) in [5.74, 6) is 0.948. The first kappa shape index (κ1) is 13.6.